The van der Waals surface area contributed by atoms with E-state index in [1.807, 2.05) is 31.2 Å². The number of rotatable bonds is 5. The van der Waals surface area contributed by atoms with Gasteiger partial charge in [0.2, 0.25) is 0 Å². The van der Waals surface area contributed by atoms with E-state index in [0.29, 0.717) is 16.2 Å². The van der Waals surface area contributed by atoms with E-state index in [0.717, 1.165) is 11.1 Å². The van der Waals surface area contributed by atoms with Crippen LogP contribution in [-0.4, -0.2) is 27.4 Å². The average molecular weight is 338 g/mol. The molecule has 0 unspecified atom stereocenters. The monoisotopic (exact) mass is 338 g/mol. The molecule has 3 rings (SSSR count). The summed E-state index contributed by atoms with van der Waals surface area (Å²) in [5.74, 6) is 0.0410. The molecule has 2 aromatic heterocycles. The van der Waals surface area contributed by atoms with E-state index in [1.165, 1.54) is 23.1 Å². The van der Waals surface area contributed by atoms with Gasteiger partial charge in [-0.3, -0.25) is 4.79 Å². The van der Waals surface area contributed by atoms with Crippen LogP contribution in [-0.2, 0) is 6.54 Å². The minimum Gasteiger partial charge on any atom is -0.619 e. The summed E-state index contributed by atoms with van der Waals surface area (Å²) >= 11 is 0. The Kier molecular flexibility index (Phi) is 4.76. The van der Waals surface area contributed by atoms with Gasteiger partial charge in [0.15, 0.2) is 12.4 Å². The highest BCUT2D eigenvalue weighted by atomic mass is 16.5. The van der Waals surface area contributed by atoms with Gasteiger partial charge in [-0.05, 0) is 18.6 Å². The standard InChI is InChI=1S/C18H18N4O3/c1-13-5-2-3-7-15(13)16-11-17(22(20-16)9-10-23)19-18(24)14-6-4-8-21(25)12-14/h2-8,11-12,23H,9-10H2,1H3,(H,19,24). The molecule has 0 saturated heterocycles. The normalized spacial score (nSPS) is 10.6. The third-order valence-electron chi connectivity index (χ3n) is 3.79. The second-order valence-electron chi connectivity index (χ2n) is 5.58. The molecule has 7 heteroatoms. The van der Waals surface area contributed by atoms with E-state index < -0.39 is 5.91 Å². The van der Waals surface area contributed by atoms with Crippen molar-refractivity contribution in [3.05, 3.63) is 71.2 Å². The maximum atomic E-state index is 12.4. The molecule has 0 fully saturated rings. The zero-order valence-corrected chi connectivity index (χ0v) is 13.7. The van der Waals surface area contributed by atoms with Crippen LogP contribution in [0.4, 0.5) is 5.82 Å². The first-order valence-electron chi connectivity index (χ1n) is 7.83. The van der Waals surface area contributed by atoms with E-state index >= 15 is 0 Å². The molecule has 128 valence electrons. The molecule has 0 saturated carbocycles. The second-order valence-corrected chi connectivity index (χ2v) is 5.58. The average Bonchev–Trinajstić information content (AvgIpc) is 2.98. The number of amides is 1. The number of aliphatic hydroxyl groups excluding tert-OH is 1. The van der Waals surface area contributed by atoms with Crippen LogP contribution in [0.1, 0.15) is 15.9 Å². The Morgan fingerprint density at radius 2 is 2.12 bits per heavy atom. The molecular weight excluding hydrogens is 320 g/mol. The maximum absolute atomic E-state index is 12.4. The Bertz CT molecular complexity index is 905. The topological polar surface area (TPSA) is 94.1 Å². The minimum atomic E-state index is -0.416. The Morgan fingerprint density at radius 1 is 1.32 bits per heavy atom. The summed E-state index contributed by atoms with van der Waals surface area (Å²) in [5.41, 5.74) is 2.96. The summed E-state index contributed by atoms with van der Waals surface area (Å²) in [6, 6.07) is 12.6. The molecule has 25 heavy (non-hydrogen) atoms. The molecule has 0 atom stereocenters. The summed E-state index contributed by atoms with van der Waals surface area (Å²) in [6.45, 7) is 2.12. The summed E-state index contributed by atoms with van der Waals surface area (Å²) in [5, 5.41) is 27.8. The van der Waals surface area contributed by atoms with Crippen molar-refractivity contribution in [2.75, 3.05) is 11.9 Å². The van der Waals surface area contributed by atoms with E-state index in [2.05, 4.69) is 10.4 Å². The molecule has 7 nitrogen and oxygen atoms in total. The molecule has 3 aromatic rings. The van der Waals surface area contributed by atoms with Crippen molar-refractivity contribution >= 4 is 11.7 Å². The maximum Gasteiger partial charge on any atom is 0.262 e. The number of carbonyl (C=O) groups excluding carboxylic acids is 1. The molecule has 0 aliphatic heterocycles. The van der Waals surface area contributed by atoms with Crippen LogP contribution in [0.2, 0.25) is 0 Å². The molecule has 0 aliphatic rings. The van der Waals surface area contributed by atoms with Crippen LogP contribution in [0.3, 0.4) is 0 Å². The number of nitrogens with zero attached hydrogens (tertiary/aromatic N) is 3. The highest BCUT2D eigenvalue weighted by molar-refractivity contribution is 6.03. The predicted molar refractivity (Wildman–Crippen MR) is 92.8 cm³/mol. The van der Waals surface area contributed by atoms with Gasteiger partial charge in [0.1, 0.15) is 11.4 Å². The van der Waals surface area contributed by atoms with Crippen molar-refractivity contribution in [2.45, 2.75) is 13.5 Å². The van der Waals surface area contributed by atoms with Crippen LogP contribution in [0.25, 0.3) is 11.3 Å². The zero-order chi connectivity index (χ0) is 17.8. The molecule has 2 heterocycles. The lowest BCUT2D eigenvalue weighted by molar-refractivity contribution is -0.605. The first-order chi connectivity index (χ1) is 12.1. The van der Waals surface area contributed by atoms with Gasteiger partial charge in [-0.1, -0.05) is 24.3 Å². The van der Waals surface area contributed by atoms with E-state index in [9.17, 15) is 15.1 Å². The van der Waals surface area contributed by atoms with Crippen LogP contribution >= 0.6 is 0 Å². The number of hydrogen-bond donors (Lipinski definition) is 2. The third kappa shape index (κ3) is 3.67. The van der Waals surface area contributed by atoms with Crippen LogP contribution in [0, 0.1) is 12.1 Å². The van der Waals surface area contributed by atoms with Gasteiger partial charge in [0, 0.05) is 17.7 Å². The Morgan fingerprint density at radius 3 is 2.84 bits per heavy atom. The van der Waals surface area contributed by atoms with Gasteiger partial charge in [0.25, 0.3) is 5.91 Å². The van der Waals surface area contributed by atoms with E-state index in [-0.39, 0.29) is 18.7 Å². The molecule has 2 N–H and O–H groups in total. The van der Waals surface area contributed by atoms with Gasteiger partial charge in [0.05, 0.1) is 18.8 Å². The van der Waals surface area contributed by atoms with Gasteiger partial charge in [-0.2, -0.15) is 9.83 Å². The summed E-state index contributed by atoms with van der Waals surface area (Å²) in [4.78, 5) is 12.4. The van der Waals surface area contributed by atoms with Gasteiger partial charge in [-0.25, -0.2) is 4.68 Å². The number of hydrogen-bond acceptors (Lipinski definition) is 4. The molecule has 0 spiro atoms. The number of aryl methyl sites for hydroxylation is 1. The zero-order valence-electron chi connectivity index (χ0n) is 13.7. The smallest absolute Gasteiger partial charge is 0.262 e. The largest absolute Gasteiger partial charge is 0.619 e. The SMILES string of the molecule is Cc1ccccc1-c1cc(NC(=O)c2ccc[n+]([O-])c2)n(CCO)n1. The number of nitrogens with one attached hydrogen (secondary N) is 1. The lowest BCUT2D eigenvalue weighted by Crippen LogP contribution is -2.27. The highest BCUT2D eigenvalue weighted by Gasteiger charge is 2.15. The highest BCUT2D eigenvalue weighted by Crippen LogP contribution is 2.25. The lowest BCUT2D eigenvalue weighted by atomic mass is 10.1. The quantitative estimate of drug-likeness (QED) is 0.547. The number of carbonyl (C=O) groups is 1. The number of aromatic nitrogens is 3. The molecule has 0 radical (unpaired) electrons. The number of benzene rings is 1. The molecular formula is C18H18N4O3. The van der Waals surface area contributed by atoms with Gasteiger partial charge >= 0.3 is 0 Å². The summed E-state index contributed by atoms with van der Waals surface area (Å²) in [6.07, 6.45) is 2.51. The first-order valence-corrected chi connectivity index (χ1v) is 7.83. The van der Waals surface area contributed by atoms with Gasteiger partial charge < -0.3 is 15.6 Å². The fourth-order valence-corrected chi connectivity index (χ4v) is 2.55. The van der Waals surface area contributed by atoms with Crippen molar-refractivity contribution in [1.29, 1.82) is 0 Å². The fourth-order valence-electron chi connectivity index (χ4n) is 2.55. The summed E-state index contributed by atoms with van der Waals surface area (Å²) in [7, 11) is 0. The fraction of sp³-hybridized carbons (Fsp3) is 0.167. The van der Waals surface area contributed by atoms with Crippen molar-refractivity contribution in [3.63, 3.8) is 0 Å². The van der Waals surface area contributed by atoms with Crippen molar-refractivity contribution in [1.82, 2.24) is 9.78 Å². The number of pyridine rings is 1. The number of aliphatic hydroxyl groups is 1. The van der Waals surface area contributed by atoms with Crippen molar-refractivity contribution in [3.8, 4) is 11.3 Å². The van der Waals surface area contributed by atoms with Crippen LogP contribution < -0.4 is 10.0 Å². The minimum absolute atomic E-state index is 0.107. The first kappa shape index (κ1) is 16.7. The molecule has 1 aromatic carbocycles. The summed E-state index contributed by atoms with van der Waals surface area (Å²) < 4.78 is 2.10. The lowest BCUT2D eigenvalue weighted by Gasteiger charge is -2.07. The Balaban J connectivity index is 1.92. The van der Waals surface area contributed by atoms with Gasteiger partial charge in [-0.15, -0.1) is 0 Å². The van der Waals surface area contributed by atoms with Crippen molar-refractivity contribution in [2.24, 2.45) is 0 Å². The Labute approximate surface area is 144 Å². The molecule has 0 aliphatic carbocycles. The molecule has 0 bridgehead atoms. The third-order valence-corrected chi connectivity index (χ3v) is 3.79. The van der Waals surface area contributed by atoms with Crippen LogP contribution in [0.5, 0.6) is 0 Å². The molecule has 1 amide bonds. The number of anilines is 1. The Hall–Kier alpha value is -3.19. The van der Waals surface area contributed by atoms with E-state index in [1.54, 1.807) is 12.1 Å². The van der Waals surface area contributed by atoms with Crippen LogP contribution in [0.15, 0.2) is 54.9 Å². The predicted octanol–water partition coefficient (Wildman–Crippen LogP) is 1.74. The van der Waals surface area contributed by atoms with Crippen molar-refractivity contribution < 1.29 is 14.6 Å². The van der Waals surface area contributed by atoms with E-state index in [4.69, 9.17) is 0 Å². The second kappa shape index (κ2) is 7.14.